The number of carbonyl (C=O) groups is 1. The smallest absolute Gasteiger partial charge is 0.251 e. The number of pyridine rings is 1. The van der Waals surface area contributed by atoms with Gasteiger partial charge in [-0.05, 0) is 25.8 Å². The van der Waals surface area contributed by atoms with E-state index in [0.717, 1.165) is 19.4 Å². The van der Waals surface area contributed by atoms with E-state index in [4.69, 9.17) is 4.74 Å². The second-order valence-corrected chi connectivity index (χ2v) is 4.26. The Hall–Kier alpha value is -1.62. The van der Waals surface area contributed by atoms with Crippen molar-refractivity contribution < 1.29 is 9.53 Å². The van der Waals surface area contributed by atoms with Crippen LogP contribution in [0.2, 0.25) is 0 Å². The molecule has 1 aliphatic rings. The zero-order valence-electron chi connectivity index (χ0n) is 9.79. The molecule has 0 spiro atoms. The number of hydrogen-bond donors (Lipinski definition) is 2. The summed E-state index contributed by atoms with van der Waals surface area (Å²) in [6.07, 6.45) is 2.14. The van der Waals surface area contributed by atoms with Gasteiger partial charge >= 0.3 is 0 Å². The van der Waals surface area contributed by atoms with Crippen molar-refractivity contribution in [3.63, 3.8) is 0 Å². The number of ether oxygens (including phenoxy) is 1. The highest BCUT2D eigenvalue weighted by Gasteiger charge is 2.16. The SMILES string of the molecule is Cc1cc(C(=O)NCC2CCCO2)cc(=O)[nH]1. The van der Waals surface area contributed by atoms with E-state index in [1.54, 1.807) is 13.0 Å². The molecule has 1 saturated heterocycles. The molecule has 5 nitrogen and oxygen atoms in total. The van der Waals surface area contributed by atoms with E-state index in [1.807, 2.05) is 0 Å². The third-order valence-electron chi connectivity index (χ3n) is 2.76. The molecule has 17 heavy (non-hydrogen) atoms. The number of amides is 1. The maximum absolute atomic E-state index is 11.8. The fourth-order valence-corrected chi connectivity index (χ4v) is 1.93. The van der Waals surface area contributed by atoms with Gasteiger partial charge in [0.25, 0.3) is 5.91 Å². The first kappa shape index (κ1) is 11.9. The molecule has 1 amide bonds. The minimum atomic E-state index is -0.257. The predicted molar refractivity (Wildman–Crippen MR) is 63.1 cm³/mol. The van der Waals surface area contributed by atoms with Gasteiger partial charge in [-0.15, -0.1) is 0 Å². The van der Waals surface area contributed by atoms with Gasteiger partial charge in [-0.3, -0.25) is 9.59 Å². The van der Waals surface area contributed by atoms with Gasteiger partial charge in [0.1, 0.15) is 0 Å². The number of rotatable bonds is 3. The number of aromatic amines is 1. The molecule has 92 valence electrons. The van der Waals surface area contributed by atoms with Crippen LogP contribution in [0, 0.1) is 6.92 Å². The molecule has 1 atom stereocenters. The molecule has 0 aromatic carbocycles. The van der Waals surface area contributed by atoms with E-state index in [0.29, 0.717) is 17.8 Å². The molecule has 1 aromatic rings. The third kappa shape index (κ3) is 3.17. The van der Waals surface area contributed by atoms with Gasteiger partial charge in [0.05, 0.1) is 6.10 Å². The first-order valence-corrected chi connectivity index (χ1v) is 5.76. The number of hydrogen-bond acceptors (Lipinski definition) is 3. The van der Waals surface area contributed by atoms with Crippen LogP contribution in [0.1, 0.15) is 28.9 Å². The summed E-state index contributed by atoms with van der Waals surface area (Å²) >= 11 is 0. The number of nitrogens with one attached hydrogen (secondary N) is 2. The second kappa shape index (κ2) is 5.14. The number of H-pyrrole nitrogens is 1. The van der Waals surface area contributed by atoms with Gasteiger partial charge in [-0.2, -0.15) is 0 Å². The van der Waals surface area contributed by atoms with Crippen molar-refractivity contribution in [1.29, 1.82) is 0 Å². The first-order valence-electron chi connectivity index (χ1n) is 5.76. The van der Waals surface area contributed by atoms with E-state index in [-0.39, 0.29) is 17.6 Å². The molecule has 1 fully saturated rings. The minimum Gasteiger partial charge on any atom is -0.376 e. The van der Waals surface area contributed by atoms with Gasteiger partial charge < -0.3 is 15.0 Å². The van der Waals surface area contributed by atoms with Gasteiger partial charge in [0, 0.05) is 30.5 Å². The number of carbonyl (C=O) groups excluding carboxylic acids is 1. The lowest BCUT2D eigenvalue weighted by Gasteiger charge is -2.10. The van der Waals surface area contributed by atoms with Crippen LogP contribution in [0.15, 0.2) is 16.9 Å². The zero-order chi connectivity index (χ0) is 12.3. The summed E-state index contributed by atoms with van der Waals surface area (Å²) in [7, 11) is 0. The van der Waals surface area contributed by atoms with E-state index >= 15 is 0 Å². The van der Waals surface area contributed by atoms with Crippen LogP contribution < -0.4 is 10.9 Å². The molecule has 2 N–H and O–H groups in total. The van der Waals surface area contributed by atoms with Gasteiger partial charge in [0.2, 0.25) is 5.56 Å². The van der Waals surface area contributed by atoms with Crippen molar-refractivity contribution in [3.8, 4) is 0 Å². The van der Waals surface area contributed by atoms with E-state index in [9.17, 15) is 9.59 Å². The van der Waals surface area contributed by atoms with Crippen molar-refractivity contribution >= 4 is 5.91 Å². The van der Waals surface area contributed by atoms with Crippen LogP contribution in [-0.2, 0) is 4.74 Å². The van der Waals surface area contributed by atoms with Crippen LogP contribution in [0.3, 0.4) is 0 Å². The summed E-state index contributed by atoms with van der Waals surface area (Å²) < 4.78 is 5.40. The highest BCUT2D eigenvalue weighted by molar-refractivity contribution is 5.94. The van der Waals surface area contributed by atoms with Crippen molar-refractivity contribution in [2.75, 3.05) is 13.2 Å². The summed E-state index contributed by atoms with van der Waals surface area (Å²) in [4.78, 5) is 25.6. The molecule has 1 aliphatic heterocycles. The molecule has 0 radical (unpaired) electrons. The van der Waals surface area contributed by atoms with Crippen molar-refractivity contribution in [2.45, 2.75) is 25.9 Å². The quantitative estimate of drug-likeness (QED) is 0.807. The summed E-state index contributed by atoms with van der Waals surface area (Å²) in [6, 6.07) is 2.96. The maximum Gasteiger partial charge on any atom is 0.251 e. The Balaban J connectivity index is 1.96. The average Bonchev–Trinajstić information content (AvgIpc) is 2.77. The normalized spacial score (nSPS) is 19.2. The maximum atomic E-state index is 11.8. The molecule has 0 saturated carbocycles. The van der Waals surface area contributed by atoms with E-state index in [2.05, 4.69) is 10.3 Å². The van der Waals surface area contributed by atoms with E-state index < -0.39 is 0 Å². The summed E-state index contributed by atoms with van der Waals surface area (Å²) in [5, 5.41) is 2.78. The predicted octanol–water partition coefficient (Wildman–Crippen LogP) is 0.592. The Bertz CT molecular complexity index is 461. The second-order valence-electron chi connectivity index (χ2n) is 4.26. The molecule has 1 aromatic heterocycles. The van der Waals surface area contributed by atoms with Crippen LogP contribution in [-0.4, -0.2) is 30.1 Å². The van der Waals surface area contributed by atoms with Crippen molar-refractivity contribution in [2.24, 2.45) is 0 Å². The monoisotopic (exact) mass is 236 g/mol. The Morgan fingerprint density at radius 1 is 1.59 bits per heavy atom. The fourth-order valence-electron chi connectivity index (χ4n) is 1.93. The molecule has 2 rings (SSSR count). The standard InChI is InChI=1S/C12H16N2O3/c1-8-5-9(6-11(15)14-8)12(16)13-7-10-3-2-4-17-10/h5-6,10H,2-4,7H2,1H3,(H,13,16)(H,14,15). The molecule has 2 heterocycles. The minimum absolute atomic E-state index is 0.113. The Morgan fingerprint density at radius 3 is 3.06 bits per heavy atom. The van der Waals surface area contributed by atoms with Gasteiger partial charge in [0.15, 0.2) is 0 Å². The highest BCUT2D eigenvalue weighted by Crippen LogP contribution is 2.10. The Morgan fingerprint density at radius 2 is 2.41 bits per heavy atom. The van der Waals surface area contributed by atoms with Crippen LogP contribution in [0.25, 0.3) is 0 Å². The largest absolute Gasteiger partial charge is 0.376 e. The number of aryl methyl sites for hydroxylation is 1. The summed E-state index contributed by atoms with van der Waals surface area (Å²) in [5.74, 6) is -0.227. The average molecular weight is 236 g/mol. The molecule has 5 heteroatoms. The van der Waals surface area contributed by atoms with Crippen LogP contribution in [0.4, 0.5) is 0 Å². The zero-order valence-corrected chi connectivity index (χ0v) is 9.79. The molecule has 0 aliphatic carbocycles. The van der Waals surface area contributed by atoms with Crippen molar-refractivity contribution in [1.82, 2.24) is 10.3 Å². The highest BCUT2D eigenvalue weighted by atomic mass is 16.5. The fraction of sp³-hybridized carbons (Fsp3) is 0.500. The Kier molecular flexibility index (Phi) is 3.58. The van der Waals surface area contributed by atoms with Gasteiger partial charge in [-0.25, -0.2) is 0 Å². The molecular weight excluding hydrogens is 220 g/mol. The summed E-state index contributed by atoms with van der Waals surface area (Å²) in [6.45, 7) is 3.02. The lowest BCUT2D eigenvalue weighted by molar-refractivity contribution is 0.0857. The summed E-state index contributed by atoms with van der Waals surface area (Å²) in [5.41, 5.74) is 0.816. The Labute approximate surface area is 99.2 Å². The molecular formula is C12H16N2O3. The first-order chi connectivity index (χ1) is 8.15. The van der Waals surface area contributed by atoms with Crippen LogP contribution >= 0.6 is 0 Å². The van der Waals surface area contributed by atoms with Crippen molar-refractivity contribution in [3.05, 3.63) is 33.7 Å². The van der Waals surface area contributed by atoms with Gasteiger partial charge in [-0.1, -0.05) is 0 Å². The topological polar surface area (TPSA) is 71.2 Å². The lowest BCUT2D eigenvalue weighted by atomic mass is 10.2. The van der Waals surface area contributed by atoms with Crippen LogP contribution in [0.5, 0.6) is 0 Å². The molecule has 1 unspecified atom stereocenters. The molecule has 0 bridgehead atoms. The number of aromatic nitrogens is 1. The lowest BCUT2D eigenvalue weighted by Crippen LogP contribution is -2.32. The van der Waals surface area contributed by atoms with E-state index in [1.165, 1.54) is 6.07 Å². The third-order valence-corrected chi connectivity index (χ3v) is 2.76.